The standard InChI is InChI=1S/C27H34ClF2N3O2S.C2H6O.C2H6/c1-32(2)16-19-7-10-20(13-19)27(34)15-22(29)23(14-24(27)28)36-33(26-6-4-5-25(30)31-26)17-18-8-11-21(35-3)12-9-18;1-3-2;1-2/h4-6,8-9,11-12,14,19-20,22-23,34H,7,10,13,15-17H2,1-3H3;1-2H3;1-2H3/t19-,20-,22?,23?,27+;;/m1../s1. The molecule has 0 amide bonds. The lowest BCUT2D eigenvalue weighted by molar-refractivity contribution is -0.00895. The van der Waals surface area contributed by atoms with Crippen LogP contribution in [0.4, 0.5) is 14.6 Å². The Morgan fingerprint density at radius 2 is 1.76 bits per heavy atom. The Labute approximate surface area is 254 Å². The van der Waals surface area contributed by atoms with Gasteiger partial charge >= 0.3 is 0 Å². The van der Waals surface area contributed by atoms with Gasteiger partial charge in [-0.05, 0) is 93.0 Å². The molecule has 1 N–H and O–H groups in total. The van der Waals surface area contributed by atoms with Crippen LogP contribution in [0.15, 0.2) is 53.6 Å². The van der Waals surface area contributed by atoms with E-state index in [0.717, 1.165) is 37.1 Å². The molecule has 0 saturated heterocycles. The van der Waals surface area contributed by atoms with Gasteiger partial charge < -0.3 is 19.5 Å². The molecule has 2 aromatic rings. The fourth-order valence-electron chi connectivity index (χ4n) is 5.31. The molecule has 1 aromatic heterocycles. The van der Waals surface area contributed by atoms with Crippen molar-refractivity contribution in [3.05, 3.63) is 65.1 Å². The van der Waals surface area contributed by atoms with Crippen LogP contribution in [0, 0.1) is 17.8 Å². The van der Waals surface area contributed by atoms with Crippen LogP contribution in [0.25, 0.3) is 0 Å². The first-order valence-corrected chi connectivity index (χ1v) is 15.3. The Balaban J connectivity index is 0.00000110. The van der Waals surface area contributed by atoms with Gasteiger partial charge in [0.1, 0.15) is 23.3 Å². The molecule has 5 atom stereocenters. The molecule has 2 aliphatic carbocycles. The van der Waals surface area contributed by atoms with Crippen molar-refractivity contribution in [3.8, 4) is 5.75 Å². The molecule has 4 rings (SSSR count). The zero-order valence-electron chi connectivity index (χ0n) is 25.3. The van der Waals surface area contributed by atoms with E-state index >= 15 is 4.39 Å². The van der Waals surface area contributed by atoms with E-state index in [1.807, 2.05) is 52.2 Å². The number of rotatable bonds is 9. The molecule has 1 heterocycles. The predicted octanol–water partition coefficient (Wildman–Crippen LogP) is 7.12. The van der Waals surface area contributed by atoms with Crippen LogP contribution >= 0.6 is 23.5 Å². The summed E-state index contributed by atoms with van der Waals surface area (Å²) in [7, 11) is 8.93. The number of alkyl halides is 1. The summed E-state index contributed by atoms with van der Waals surface area (Å²) in [6.07, 6.45) is 2.94. The molecule has 6 nitrogen and oxygen atoms in total. The number of aliphatic hydroxyl groups is 1. The zero-order chi connectivity index (χ0) is 30.6. The highest BCUT2D eigenvalue weighted by Gasteiger charge is 2.49. The average molecular weight is 614 g/mol. The van der Waals surface area contributed by atoms with Crippen LogP contribution in [0.3, 0.4) is 0 Å². The Morgan fingerprint density at radius 3 is 2.34 bits per heavy atom. The highest BCUT2D eigenvalue weighted by molar-refractivity contribution is 8.01. The highest BCUT2D eigenvalue weighted by Crippen LogP contribution is 2.49. The summed E-state index contributed by atoms with van der Waals surface area (Å²) < 4.78 is 40.9. The number of hydrogen-bond acceptors (Lipinski definition) is 7. The number of halogens is 3. The van der Waals surface area contributed by atoms with E-state index in [4.69, 9.17) is 16.3 Å². The van der Waals surface area contributed by atoms with Gasteiger partial charge in [0.25, 0.3) is 0 Å². The molecule has 1 saturated carbocycles. The second kappa shape index (κ2) is 17.3. The summed E-state index contributed by atoms with van der Waals surface area (Å²) >= 11 is 7.89. The van der Waals surface area contributed by atoms with Crippen molar-refractivity contribution in [1.29, 1.82) is 0 Å². The number of hydrogen-bond donors (Lipinski definition) is 1. The largest absolute Gasteiger partial charge is 0.497 e. The number of benzene rings is 1. The summed E-state index contributed by atoms with van der Waals surface area (Å²) in [5.74, 6) is 0.922. The molecule has 41 heavy (non-hydrogen) atoms. The van der Waals surface area contributed by atoms with Crippen molar-refractivity contribution in [2.45, 2.75) is 63.1 Å². The van der Waals surface area contributed by atoms with Gasteiger partial charge in [0.2, 0.25) is 5.95 Å². The Morgan fingerprint density at radius 1 is 1.10 bits per heavy atom. The quantitative estimate of drug-likeness (QED) is 0.239. The first kappa shape index (κ1) is 35.3. The average Bonchev–Trinajstić information content (AvgIpc) is 3.42. The second-order valence-corrected chi connectivity index (χ2v) is 12.1. The van der Waals surface area contributed by atoms with Crippen LogP contribution < -0.4 is 9.04 Å². The Bertz CT molecular complexity index is 1080. The first-order chi connectivity index (χ1) is 19.6. The summed E-state index contributed by atoms with van der Waals surface area (Å²) in [5.41, 5.74) is -0.415. The second-order valence-electron chi connectivity index (χ2n) is 10.5. The number of nitrogens with zero attached hydrogens (tertiary/aromatic N) is 3. The third-order valence-corrected chi connectivity index (χ3v) is 8.82. The molecule has 0 spiro atoms. The molecule has 0 radical (unpaired) electrons. The predicted molar refractivity (Wildman–Crippen MR) is 167 cm³/mol. The maximum absolute atomic E-state index is 15.6. The number of methoxy groups -OCH3 is 2. The monoisotopic (exact) mass is 613 g/mol. The summed E-state index contributed by atoms with van der Waals surface area (Å²) in [6.45, 7) is 5.32. The van der Waals surface area contributed by atoms with Gasteiger partial charge in [0, 0.05) is 32.2 Å². The molecule has 10 heteroatoms. The molecule has 2 unspecified atom stereocenters. The van der Waals surface area contributed by atoms with E-state index < -0.39 is 23.0 Å². The highest BCUT2D eigenvalue weighted by atomic mass is 35.5. The van der Waals surface area contributed by atoms with Gasteiger partial charge in [-0.2, -0.15) is 4.39 Å². The maximum atomic E-state index is 15.6. The van der Waals surface area contributed by atoms with Crippen LogP contribution in [-0.4, -0.2) is 74.0 Å². The summed E-state index contributed by atoms with van der Waals surface area (Å²) in [5, 5.41) is 11.2. The number of anilines is 1. The van der Waals surface area contributed by atoms with E-state index in [1.165, 1.54) is 18.0 Å². The van der Waals surface area contributed by atoms with Crippen molar-refractivity contribution in [2.24, 2.45) is 11.8 Å². The summed E-state index contributed by atoms with van der Waals surface area (Å²) in [4.78, 5) is 6.17. The minimum Gasteiger partial charge on any atom is -0.497 e. The molecular formula is C31H46ClF2N3O3S. The zero-order valence-corrected chi connectivity index (χ0v) is 26.9. The fourth-order valence-corrected chi connectivity index (χ4v) is 6.90. The van der Waals surface area contributed by atoms with E-state index in [1.54, 1.807) is 43.8 Å². The van der Waals surface area contributed by atoms with Crippen LogP contribution in [0.5, 0.6) is 5.75 Å². The Hall–Kier alpha value is -1.91. The SMILES string of the molecule is CC.COC.COc1ccc(CN(SC2C=C(Cl)[C@@](O)([C@@H]3CC[C@@H](CN(C)C)C3)CC2F)c2cccc(F)n2)cc1. The van der Waals surface area contributed by atoms with Gasteiger partial charge in [0.15, 0.2) is 0 Å². The Kier molecular flexibility index (Phi) is 14.9. The van der Waals surface area contributed by atoms with Crippen molar-refractivity contribution in [1.82, 2.24) is 9.88 Å². The lowest BCUT2D eigenvalue weighted by atomic mass is 9.77. The lowest BCUT2D eigenvalue weighted by Crippen LogP contribution is -2.46. The molecule has 230 valence electrons. The van der Waals surface area contributed by atoms with Crippen molar-refractivity contribution < 1.29 is 23.4 Å². The van der Waals surface area contributed by atoms with Crippen LogP contribution in [0.1, 0.15) is 45.1 Å². The van der Waals surface area contributed by atoms with Gasteiger partial charge in [-0.1, -0.05) is 43.6 Å². The van der Waals surface area contributed by atoms with E-state index in [-0.39, 0.29) is 12.3 Å². The first-order valence-electron chi connectivity index (χ1n) is 14.1. The number of ether oxygens (including phenoxy) is 2. The molecule has 0 aliphatic heterocycles. The van der Waals surface area contributed by atoms with Gasteiger partial charge in [-0.3, -0.25) is 4.31 Å². The topological polar surface area (TPSA) is 58.1 Å². The van der Waals surface area contributed by atoms with E-state index in [2.05, 4.69) is 14.6 Å². The fraction of sp³-hybridized carbons (Fsp3) is 0.581. The van der Waals surface area contributed by atoms with Gasteiger partial charge in [-0.15, -0.1) is 0 Å². The number of pyridine rings is 1. The maximum Gasteiger partial charge on any atom is 0.214 e. The minimum absolute atomic E-state index is 0.0493. The van der Waals surface area contributed by atoms with Crippen LogP contribution in [-0.2, 0) is 11.3 Å². The molecule has 0 bridgehead atoms. The third kappa shape index (κ3) is 10.1. The normalized spacial score (nSPS) is 25.4. The molecule has 1 aromatic carbocycles. The van der Waals surface area contributed by atoms with Crippen LogP contribution in [0.2, 0.25) is 0 Å². The summed E-state index contributed by atoms with van der Waals surface area (Å²) in [6, 6.07) is 12.1. The van der Waals surface area contributed by atoms with Crippen molar-refractivity contribution in [3.63, 3.8) is 0 Å². The minimum atomic E-state index is -1.35. The van der Waals surface area contributed by atoms with E-state index in [0.29, 0.717) is 23.3 Å². The third-order valence-electron chi connectivity index (χ3n) is 7.12. The molecule has 1 fully saturated rings. The van der Waals surface area contributed by atoms with Crippen molar-refractivity contribution in [2.75, 3.05) is 46.3 Å². The van der Waals surface area contributed by atoms with Crippen molar-refractivity contribution >= 4 is 29.4 Å². The van der Waals surface area contributed by atoms with Gasteiger partial charge in [0.05, 0.1) is 18.9 Å². The molecular weight excluding hydrogens is 568 g/mol. The lowest BCUT2D eigenvalue weighted by Gasteiger charge is -2.41. The molecule has 2 aliphatic rings. The smallest absolute Gasteiger partial charge is 0.214 e. The van der Waals surface area contributed by atoms with E-state index in [9.17, 15) is 9.50 Å². The van der Waals surface area contributed by atoms with Gasteiger partial charge in [-0.25, -0.2) is 9.37 Å². The number of aromatic nitrogens is 1.